The first-order chi connectivity index (χ1) is 10.2. The van der Waals surface area contributed by atoms with Crippen LogP contribution in [0.3, 0.4) is 0 Å². The Balaban J connectivity index is 1.73. The van der Waals surface area contributed by atoms with Crippen LogP contribution in [0.25, 0.3) is 5.69 Å². The molecule has 110 valence electrons. The number of benzene rings is 1. The number of amides is 1. The van der Waals surface area contributed by atoms with Gasteiger partial charge in [-0.05, 0) is 55.6 Å². The van der Waals surface area contributed by atoms with Crippen LogP contribution < -0.4 is 10.6 Å². The maximum absolute atomic E-state index is 12.4. The number of anilines is 1. The van der Waals surface area contributed by atoms with E-state index in [0.29, 0.717) is 5.92 Å². The van der Waals surface area contributed by atoms with Crippen molar-refractivity contribution in [1.82, 2.24) is 9.88 Å². The summed E-state index contributed by atoms with van der Waals surface area (Å²) < 4.78 is 2.02. The molecule has 2 N–H and O–H groups in total. The molecule has 2 aromatic rings. The van der Waals surface area contributed by atoms with Gasteiger partial charge in [0.2, 0.25) is 5.91 Å². The average molecular weight is 283 g/mol. The highest BCUT2D eigenvalue weighted by atomic mass is 16.2. The quantitative estimate of drug-likeness (QED) is 0.910. The third-order valence-electron chi connectivity index (χ3n) is 4.07. The zero-order valence-electron chi connectivity index (χ0n) is 12.3. The summed E-state index contributed by atoms with van der Waals surface area (Å²) >= 11 is 0. The zero-order chi connectivity index (χ0) is 14.7. The van der Waals surface area contributed by atoms with Crippen molar-refractivity contribution in [2.24, 2.45) is 5.92 Å². The van der Waals surface area contributed by atoms with E-state index in [1.54, 1.807) is 0 Å². The first kappa shape index (κ1) is 13.9. The number of rotatable bonds is 3. The van der Waals surface area contributed by atoms with Crippen LogP contribution in [0.1, 0.15) is 19.8 Å². The molecule has 2 atom stereocenters. The third kappa shape index (κ3) is 3.16. The van der Waals surface area contributed by atoms with Gasteiger partial charge in [0.05, 0.1) is 6.04 Å². The van der Waals surface area contributed by atoms with Crippen molar-refractivity contribution < 1.29 is 4.79 Å². The molecule has 21 heavy (non-hydrogen) atoms. The number of nitrogens with zero attached hydrogens (tertiary/aromatic N) is 1. The summed E-state index contributed by atoms with van der Waals surface area (Å²) in [5.74, 6) is 0.443. The van der Waals surface area contributed by atoms with Gasteiger partial charge >= 0.3 is 0 Å². The van der Waals surface area contributed by atoms with E-state index in [0.717, 1.165) is 30.8 Å². The monoisotopic (exact) mass is 283 g/mol. The summed E-state index contributed by atoms with van der Waals surface area (Å²) in [4.78, 5) is 12.4. The van der Waals surface area contributed by atoms with Crippen molar-refractivity contribution >= 4 is 11.6 Å². The lowest BCUT2D eigenvalue weighted by Gasteiger charge is -2.29. The number of piperidine rings is 1. The minimum absolute atomic E-state index is 0.0619. The SMILES string of the molecule is CC1CCCNC1C(=O)Nc1cccc(-n2cccc2)c1. The van der Waals surface area contributed by atoms with Crippen LogP contribution in [0.2, 0.25) is 0 Å². The number of hydrogen-bond donors (Lipinski definition) is 2. The summed E-state index contributed by atoms with van der Waals surface area (Å²) in [5, 5.41) is 6.34. The predicted molar refractivity (Wildman–Crippen MR) is 84.6 cm³/mol. The Kier molecular flexibility index (Phi) is 4.06. The zero-order valence-corrected chi connectivity index (χ0v) is 12.3. The Morgan fingerprint density at radius 1 is 1.29 bits per heavy atom. The van der Waals surface area contributed by atoms with Gasteiger partial charge in [-0.1, -0.05) is 13.0 Å². The first-order valence-electron chi connectivity index (χ1n) is 7.52. The third-order valence-corrected chi connectivity index (χ3v) is 4.07. The fraction of sp³-hybridized carbons (Fsp3) is 0.353. The Morgan fingerprint density at radius 3 is 2.86 bits per heavy atom. The molecule has 0 aliphatic carbocycles. The predicted octanol–water partition coefficient (Wildman–Crippen LogP) is 2.80. The summed E-state index contributed by atoms with van der Waals surface area (Å²) in [5.41, 5.74) is 1.88. The molecule has 1 aliphatic rings. The largest absolute Gasteiger partial charge is 0.325 e. The maximum atomic E-state index is 12.4. The Morgan fingerprint density at radius 2 is 2.10 bits per heavy atom. The summed E-state index contributed by atoms with van der Waals surface area (Å²) in [7, 11) is 0. The molecule has 2 heterocycles. The molecule has 0 spiro atoms. The van der Waals surface area contributed by atoms with E-state index in [9.17, 15) is 4.79 Å². The van der Waals surface area contributed by atoms with E-state index in [1.165, 1.54) is 0 Å². The van der Waals surface area contributed by atoms with Gasteiger partial charge in [-0.15, -0.1) is 0 Å². The lowest BCUT2D eigenvalue weighted by Crippen LogP contribution is -2.48. The lowest BCUT2D eigenvalue weighted by molar-refractivity contribution is -0.119. The fourth-order valence-corrected chi connectivity index (χ4v) is 2.87. The number of nitrogens with one attached hydrogen (secondary N) is 2. The fourth-order valence-electron chi connectivity index (χ4n) is 2.87. The van der Waals surface area contributed by atoms with E-state index in [-0.39, 0.29) is 11.9 Å². The Hall–Kier alpha value is -2.07. The average Bonchev–Trinajstić information content (AvgIpc) is 3.02. The number of carbonyl (C=O) groups excluding carboxylic acids is 1. The van der Waals surface area contributed by atoms with E-state index in [1.807, 2.05) is 53.4 Å². The van der Waals surface area contributed by atoms with Crippen molar-refractivity contribution in [3.05, 3.63) is 48.8 Å². The summed E-state index contributed by atoms with van der Waals surface area (Å²) in [6, 6.07) is 11.8. The number of aromatic nitrogens is 1. The molecule has 1 aliphatic heterocycles. The van der Waals surface area contributed by atoms with Crippen molar-refractivity contribution in [2.45, 2.75) is 25.8 Å². The minimum atomic E-state index is -0.0889. The molecular formula is C17H21N3O. The first-order valence-corrected chi connectivity index (χ1v) is 7.52. The van der Waals surface area contributed by atoms with Gasteiger partial charge in [0.1, 0.15) is 0 Å². The summed E-state index contributed by atoms with van der Waals surface area (Å²) in [6.45, 7) is 3.05. The van der Waals surface area contributed by atoms with Gasteiger partial charge in [0.15, 0.2) is 0 Å². The van der Waals surface area contributed by atoms with Crippen LogP contribution in [0.5, 0.6) is 0 Å². The summed E-state index contributed by atoms with van der Waals surface area (Å²) in [6.07, 6.45) is 6.24. The van der Waals surface area contributed by atoms with Crippen molar-refractivity contribution in [3.63, 3.8) is 0 Å². The number of carbonyl (C=O) groups is 1. The van der Waals surface area contributed by atoms with Crippen LogP contribution in [0.4, 0.5) is 5.69 Å². The van der Waals surface area contributed by atoms with E-state index in [2.05, 4.69) is 17.6 Å². The lowest BCUT2D eigenvalue weighted by atomic mass is 9.92. The maximum Gasteiger partial charge on any atom is 0.241 e. The molecule has 0 radical (unpaired) electrons. The molecule has 1 amide bonds. The van der Waals surface area contributed by atoms with Gasteiger partial charge in [-0.25, -0.2) is 0 Å². The second-order valence-electron chi connectivity index (χ2n) is 5.68. The van der Waals surface area contributed by atoms with E-state index in [4.69, 9.17) is 0 Å². The molecule has 1 saturated heterocycles. The second kappa shape index (κ2) is 6.14. The molecule has 2 unspecified atom stereocenters. The van der Waals surface area contributed by atoms with Crippen molar-refractivity contribution in [1.29, 1.82) is 0 Å². The van der Waals surface area contributed by atoms with Crippen molar-refractivity contribution in [3.8, 4) is 5.69 Å². The molecular weight excluding hydrogens is 262 g/mol. The molecule has 1 fully saturated rings. The van der Waals surface area contributed by atoms with Crippen LogP contribution in [-0.2, 0) is 4.79 Å². The Bertz CT molecular complexity index is 606. The highest BCUT2D eigenvalue weighted by Gasteiger charge is 2.27. The molecule has 3 rings (SSSR count). The van der Waals surface area contributed by atoms with Gasteiger partial charge in [0, 0.05) is 23.8 Å². The molecule has 1 aromatic carbocycles. The minimum Gasteiger partial charge on any atom is -0.325 e. The Labute approximate surface area is 125 Å². The second-order valence-corrected chi connectivity index (χ2v) is 5.68. The topological polar surface area (TPSA) is 46.1 Å². The molecule has 1 aromatic heterocycles. The van der Waals surface area contributed by atoms with Gasteiger partial charge in [0.25, 0.3) is 0 Å². The smallest absolute Gasteiger partial charge is 0.241 e. The van der Waals surface area contributed by atoms with Gasteiger partial charge < -0.3 is 15.2 Å². The van der Waals surface area contributed by atoms with E-state index >= 15 is 0 Å². The van der Waals surface area contributed by atoms with Crippen LogP contribution in [0, 0.1) is 5.92 Å². The van der Waals surface area contributed by atoms with Crippen LogP contribution in [-0.4, -0.2) is 23.1 Å². The molecule has 0 saturated carbocycles. The highest BCUT2D eigenvalue weighted by molar-refractivity contribution is 5.95. The van der Waals surface area contributed by atoms with Gasteiger partial charge in [-0.3, -0.25) is 4.79 Å². The standard InChI is InChI=1S/C17H21N3O/c1-13-6-5-9-18-16(13)17(21)19-14-7-4-8-15(12-14)20-10-2-3-11-20/h2-4,7-8,10-13,16,18H,5-6,9H2,1H3,(H,19,21). The highest BCUT2D eigenvalue weighted by Crippen LogP contribution is 2.19. The molecule has 0 bridgehead atoms. The van der Waals surface area contributed by atoms with Gasteiger partial charge in [-0.2, -0.15) is 0 Å². The molecule has 4 heteroatoms. The van der Waals surface area contributed by atoms with Crippen LogP contribution in [0.15, 0.2) is 48.8 Å². The van der Waals surface area contributed by atoms with Crippen LogP contribution >= 0.6 is 0 Å². The van der Waals surface area contributed by atoms with Crippen molar-refractivity contribution in [2.75, 3.05) is 11.9 Å². The molecule has 4 nitrogen and oxygen atoms in total. The normalized spacial score (nSPS) is 22.0. The number of hydrogen-bond acceptors (Lipinski definition) is 2. The van der Waals surface area contributed by atoms with E-state index < -0.39 is 0 Å².